The molecule has 0 amide bonds. The summed E-state index contributed by atoms with van der Waals surface area (Å²) in [4.78, 5) is 9.50. The fraction of sp³-hybridized carbons (Fsp3) is 0.423. The number of aliphatic hydroxyl groups excluding tert-OH is 1. The molecule has 37 heavy (non-hydrogen) atoms. The number of aromatic amines is 1. The number of ether oxygens (including phenoxy) is 1. The number of likely N-dealkylation sites (tertiary alicyclic amines) is 1. The normalized spacial score (nSPS) is 20.0. The number of hydrogen-bond acceptors (Lipinski definition) is 6. The summed E-state index contributed by atoms with van der Waals surface area (Å²) in [7, 11) is 1.89. The summed E-state index contributed by atoms with van der Waals surface area (Å²) < 4.78 is 49.6. The standard InChI is InChI=1S/C26H27F3N6O2/c1-34-15-30-33-22(34)10-25(13-37-14-25)18-4-2-3-17(9-18)24-31-21-8-16(11-35-6-5-19(36)12-35)7-20(23(21)32-24)26(27,28)29/h2-4,7-9,15,19,36H,5-6,10-14H2,1H3,(H,31,32)/t19-/m1/s1. The molecule has 1 atom stereocenters. The average molecular weight is 513 g/mol. The first-order valence-electron chi connectivity index (χ1n) is 12.2. The maximum Gasteiger partial charge on any atom is 0.418 e. The van der Waals surface area contributed by atoms with Crippen molar-refractivity contribution >= 4 is 11.0 Å². The van der Waals surface area contributed by atoms with Crippen LogP contribution >= 0.6 is 0 Å². The van der Waals surface area contributed by atoms with Gasteiger partial charge in [0.2, 0.25) is 0 Å². The number of imidazole rings is 1. The fourth-order valence-electron chi connectivity index (χ4n) is 5.32. The summed E-state index contributed by atoms with van der Waals surface area (Å²) >= 11 is 0. The number of alkyl halides is 3. The number of hydrogen-bond donors (Lipinski definition) is 2. The number of H-pyrrole nitrogens is 1. The SMILES string of the molecule is Cn1cnnc1CC1(c2cccc(-c3nc4c(C(F)(F)F)cc(CN5CC[C@@H](O)C5)cc4[nH]3)c2)COC1. The van der Waals surface area contributed by atoms with E-state index in [1.54, 1.807) is 12.4 Å². The summed E-state index contributed by atoms with van der Waals surface area (Å²) in [6, 6.07) is 10.6. The molecule has 0 unspecified atom stereocenters. The largest absolute Gasteiger partial charge is 0.418 e. The molecular weight excluding hydrogens is 485 g/mol. The van der Waals surface area contributed by atoms with Crippen molar-refractivity contribution in [2.75, 3.05) is 26.3 Å². The van der Waals surface area contributed by atoms with Crippen molar-refractivity contribution in [3.63, 3.8) is 0 Å². The van der Waals surface area contributed by atoms with Gasteiger partial charge in [-0.3, -0.25) is 4.90 Å². The highest BCUT2D eigenvalue weighted by Crippen LogP contribution is 2.39. The minimum Gasteiger partial charge on any atom is -0.392 e. The Labute approximate surface area is 211 Å². The number of nitrogens with zero attached hydrogens (tertiary/aromatic N) is 5. The summed E-state index contributed by atoms with van der Waals surface area (Å²) in [5.41, 5.74) is 1.45. The van der Waals surface area contributed by atoms with Gasteiger partial charge in [0.05, 0.1) is 30.4 Å². The minimum atomic E-state index is -4.55. The van der Waals surface area contributed by atoms with Crippen molar-refractivity contribution in [1.29, 1.82) is 0 Å². The molecule has 0 saturated carbocycles. The molecule has 0 aliphatic carbocycles. The lowest BCUT2D eigenvalue weighted by Gasteiger charge is -2.41. The second-order valence-corrected chi connectivity index (χ2v) is 10.2. The minimum absolute atomic E-state index is 0.0983. The van der Waals surface area contributed by atoms with Crippen molar-refractivity contribution in [2.24, 2.45) is 7.05 Å². The van der Waals surface area contributed by atoms with Crippen LogP contribution in [0.25, 0.3) is 22.4 Å². The molecule has 2 fully saturated rings. The molecule has 0 bridgehead atoms. The Morgan fingerprint density at radius 2 is 2.05 bits per heavy atom. The zero-order chi connectivity index (χ0) is 25.8. The molecule has 2 N–H and O–H groups in total. The topological polar surface area (TPSA) is 92.1 Å². The van der Waals surface area contributed by atoms with Gasteiger partial charge in [-0.2, -0.15) is 13.2 Å². The highest BCUT2D eigenvalue weighted by Gasteiger charge is 2.42. The third kappa shape index (κ3) is 4.51. The van der Waals surface area contributed by atoms with Crippen LogP contribution in [0.15, 0.2) is 42.7 Å². The molecule has 2 aromatic heterocycles. The zero-order valence-corrected chi connectivity index (χ0v) is 20.3. The molecule has 0 radical (unpaired) electrons. The van der Waals surface area contributed by atoms with Gasteiger partial charge in [0, 0.05) is 44.1 Å². The molecular formula is C26H27F3N6O2. The van der Waals surface area contributed by atoms with Crippen LogP contribution in [0.2, 0.25) is 0 Å². The molecule has 6 rings (SSSR count). The van der Waals surface area contributed by atoms with E-state index in [9.17, 15) is 18.3 Å². The number of rotatable bonds is 6. The van der Waals surface area contributed by atoms with E-state index in [1.807, 2.05) is 40.8 Å². The number of β-amino-alcohol motifs (C(OH)–C–C–N with tert-alkyl or cyclic N) is 1. The van der Waals surface area contributed by atoms with E-state index < -0.39 is 17.8 Å². The second kappa shape index (κ2) is 8.93. The second-order valence-electron chi connectivity index (χ2n) is 10.2. The van der Waals surface area contributed by atoms with Crippen molar-refractivity contribution in [2.45, 2.75) is 37.1 Å². The molecule has 2 aromatic carbocycles. The number of benzene rings is 2. The van der Waals surface area contributed by atoms with E-state index in [2.05, 4.69) is 20.2 Å². The number of aliphatic hydroxyl groups is 1. The lowest BCUT2D eigenvalue weighted by molar-refractivity contribution is -0.136. The van der Waals surface area contributed by atoms with Gasteiger partial charge in [-0.1, -0.05) is 18.2 Å². The van der Waals surface area contributed by atoms with E-state index in [1.165, 1.54) is 6.07 Å². The van der Waals surface area contributed by atoms with Gasteiger partial charge in [-0.15, -0.1) is 10.2 Å². The number of nitrogens with one attached hydrogen (secondary N) is 1. The van der Waals surface area contributed by atoms with Gasteiger partial charge < -0.3 is 19.4 Å². The first kappa shape index (κ1) is 24.1. The summed E-state index contributed by atoms with van der Waals surface area (Å²) in [6.45, 7) is 2.50. The monoisotopic (exact) mass is 512 g/mol. The van der Waals surface area contributed by atoms with E-state index in [-0.39, 0.29) is 10.9 Å². The lowest BCUT2D eigenvalue weighted by atomic mass is 9.75. The Morgan fingerprint density at radius 3 is 2.70 bits per heavy atom. The van der Waals surface area contributed by atoms with Gasteiger partial charge in [0.15, 0.2) is 0 Å². The van der Waals surface area contributed by atoms with Gasteiger partial charge in [0.25, 0.3) is 0 Å². The van der Waals surface area contributed by atoms with Crippen LogP contribution < -0.4 is 0 Å². The smallest absolute Gasteiger partial charge is 0.392 e. The first-order valence-corrected chi connectivity index (χ1v) is 12.2. The molecule has 4 aromatic rings. The Hall–Kier alpha value is -3.28. The first-order chi connectivity index (χ1) is 17.7. The molecule has 8 nitrogen and oxygen atoms in total. The van der Waals surface area contributed by atoms with Crippen LogP contribution in [0.5, 0.6) is 0 Å². The van der Waals surface area contributed by atoms with Crippen LogP contribution in [0.3, 0.4) is 0 Å². The Morgan fingerprint density at radius 1 is 1.22 bits per heavy atom. The van der Waals surface area contributed by atoms with E-state index in [0.29, 0.717) is 68.2 Å². The molecule has 11 heteroatoms. The predicted molar refractivity (Wildman–Crippen MR) is 130 cm³/mol. The Bertz CT molecular complexity index is 1440. The van der Waals surface area contributed by atoms with Crippen LogP contribution in [0.4, 0.5) is 13.2 Å². The number of fused-ring (bicyclic) bond motifs is 1. The van der Waals surface area contributed by atoms with E-state index in [0.717, 1.165) is 11.4 Å². The average Bonchev–Trinajstić information content (AvgIpc) is 3.55. The van der Waals surface area contributed by atoms with Gasteiger partial charge in [-0.25, -0.2) is 4.98 Å². The highest BCUT2D eigenvalue weighted by molar-refractivity contribution is 5.84. The van der Waals surface area contributed by atoms with Crippen LogP contribution in [0, 0.1) is 0 Å². The maximum atomic E-state index is 14.0. The van der Waals surface area contributed by atoms with Gasteiger partial charge in [-0.05, 0) is 35.7 Å². The summed E-state index contributed by atoms with van der Waals surface area (Å²) in [5, 5.41) is 18.0. The molecule has 2 aliphatic heterocycles. The molecule has 0 spiro atoms. The van der Waals surface area contributed by atoms with Crippen molar-refractivity contribution in [3.8, 4) is 11.4 Å². The highest BCUT2D eigenvalue weighted by atomic mass is 19.4. The number of aryl methyl sites for hydroxylation is 1. The van der Waals surface area contributed by atoms with Crippen LogP contribution in [0.1, 0.15) is 28.9 Å². The third-order valence-electron chi connectivity index (χ3n) is 7.41. The van der Waals surface area contributed by atoms with Crippen molar-refractivity contribution in [1.82, 2.24) is 29.6 Å². The lowest BCUT2D eigenvalue weighted by Crippen LogP contribution is -2.49. The van der Waals surface area contributed by atoms with Crippen molar-refractivity contribution < 1.29 is 23.0 Å². The van der Waals surface area contributed by atoms with E-state index in [4.69, 9.17) is 4.74 Å². The molecule has 2 saturated heterocycles. The number of halogens is 3. The Kier molecular flexibility index (Phi) is 5.81. The Balaban J connectivity index is 1.36. The third-order valence-corrected chi connectivity index (χ3v) is 7.41. The van der Waals surface area contributed by atoms with Crippen LogP contribution in [-0.4, -0.2) is 67.1 Å². The van der Waals surface area contributed by atoms with E-state index >= 15 is 0 Å². The molecule has 2 aliphatic rings. The van der Waals surface area contributed by atoms with Gasteiger partial charge in [0.1, 0.15) is 23.5 Å². The molecule has 194 valence electrons. The van der Waals surface area contributed by atoms with Gasteiger partial charge >= 0.3 is 6.18 Å². The predicted octanol–water partition coefficient (Wildman–Crippen LogP) is 3.45. The zero-order valence-electron chi connectivity index (χ0n) is 20.3. The number of aromatic nitrogens is 5. The molecule has 4 heterocycles. The summed E-state index contributed by atoms with van der Waals surface area (Å²) in [6.07, 6.45) is -2.06. The van der Waals surface area contributed by atoms with Crippen molar-refractivity contribution in [3.05, 3.63) is 65.2 Å². The maximum absolute atomic E-state index is 14.0. The summed E-state index contributed by atoms with van der Waals surface area (Å²) in [5.74, 6) is 1.22. The van der Waals surface area contributed by atoms with Crippen LogP contribution in [-0.2, 0) is 36.3 Å². The fourth-order valence-corrected chi connectivity index (χ4v) is 5.32. The quantitative estimate of drug-likeness (QED) is 0.411.